The minimum Gasteiger partial charge on any atom is -0.356 e. The lowest BCUT2D eigenvalue weighted by atomic mass is 9.99. The van der Waals surface area contributed by atoms with Gasteiger partial charge in [0, 0.05) is 22.3 Å². The van der Waals surface area contributed by atoms with Crippen LogP contribution in [-0.2, 0) is 10.2 Å². The fourth-order valence-corrected chi connectivity index (χ4v) is 3.71. The van der Waals surface area contributed by atoms with Gasteiger partial charge in [-0.1, -0.05) is 34.5 Å². The predicted molar refractivity (Wildman–Crippen MR) is 107 cm³/mol. The number of rotatable bonds is 4. The average Bonchev–Trinajstić information content (AvgIpc) is 3.29. The minimum absolute atomic E-state index is 0.0199. The monoisotopic (exact) mass is 380 g/mol. The Labute approximate surface area is 163 Å². The first-order valence-corrected chi connectivity index (χ1v) is 9.39. The van der Waals surface area contributed by atoms with Crippen molar-refractivity contribution in [1.82, 2.24) is 5.16 Å². The Hall–Kier alpha value is -2.59. The molecule has 0 spiro atoms. The van der Waals surface area contributed by atoms with E-state index in [4.69, 9.17) is 16.1 Å². The Morgan fingerprint density at radius 1 is 1.07 bits per heavy atom. The summed E-state index contributed by atoms with van der Waals surface area (Å²) in [6, 6.07) is 13.4. The van der Waals surface area contributed by atoms with E-state index in [0.29, 0.717) is 16.5 Å². The van der Waals surface area contributed by atoms with E-state index in [1.807, 2.05) is 44.2 Å². The van der Waals surface area contributed by atoms with Crippen LogP contribution in [0.15, 0.2) is 47.0 Å². The van der Waals surface area contributed by atoms with Crippen molar-refractivity contribution in [2.24, 2.45) is 0 Å². The van der Waals surface area contributed by atoms with Gasteiger partial charge in [-0.3, -0.25) is 4.79 Å². The normalized spacial score (nSPS) is 14.8. The molecule has 0 aliphatic heterocycles. The van der Waals surface area contributed by atoms with Crippen LogP contribution in [-0.4, -0.2) is 11.1 Å². The zero-order chi connectivity index (χ0) is 19.2. The molecule has 1 amide bonds. The number of aromatic nitrogens is 1. The topological polar surface area (TPSA) is 55.1 Å². The van der Waals surface area contributed by atoms with Crippen molar-refractivity contribution in [2.45, 2.75) is 39.0 Å². The lowest BCUT2D eigenvalue weighted by Crippen LogP contribution is -2.28. The molecular weight excluding hydrogens is 360 g/mol. The van der Waals surface area contributed by atoms with Crippen molar-refractivity contribution in [1.29, 1.82) is 0 Å². The molecule has 3 aromatic rings. The molecule has 2 aromatic carbocycles. The molecule has 0 radical (unpaired) electrons. The summed E-state index contributed by atoms with van der Waals surface area (Å²) >= 11 is 5.94. The molecule has 27 heavy (non-hydrogen) atoms. The van der Waals surface area contributed by atoms with Crippen LogP contribution in [0.3, 0.4) is 0 Å². The molecule has 1 aliphatic carbocycles. The molecule has 1 aliphatic rings. The Bertz CT molecular complexity index is 994. The highest BCUT2D eigenvalue weighted by Crippen LogP contribution is 2.49. The van der Waals surface area contributed by atoms with Crippen LogP contribution >= 0.6 is 11.6 Å². The maximum absolute atomic E-state index is 13.1. The summed E-state index contributed by atoms with van der Waals surface area (Å²) in [6.07, 6.45) is 1.55. The summed E-state index contributed by atoms with van der Waals surface area (Å²) in [5.41, 5.74) is 5.19. The Balaban J connectivity index is 1.59. The van der Waals surface area contributed by atoms with Gasteiger partial charge in [-0.05, 0) is 69.0 Å². The van der Waals surface area contributed by atoms with Crippen molar-refractivity contribution in [3.8, 4) is 11.3 Å². The van der Waals surface area contributed by atoms with E-state index in [1.165, 1.54) is 5.56 Å². The highest BCUT2D eigenvalue weighted by atomic mass is 35.5. The first kappa shape index (κ1) is 17.8. The fourth-order valence-electron chi connectivity index (χ4n) is 3.59. The molecule has 1 saturated carbocycles. The smallest absolute Gasteiger partial charge is 0.236 e. The molecule has 5 heteroatoms. The number of nitrogens with one attached hydrogen (secondary N) is 1. The van der Waals surface area contributed by atoms with Gasteiger partial charge in [0.25, 0.3) is 0 Å². The molecule has 1 fully saturated rings. The number of amides is 1. The molecule has 1 aromatic heterocycles. The van der Waals surface area contributed by atoms with Crippen LogP contribution < -0.4 is 5.32 Å². The molecule has 4 rings (SSSR count). The van der Waals surface area contributed by atoms with Crippen molar-refractivity contribution < 1.29 is 9.32 Å². The first-order valence-electron chi connectivity index (χ1n) is 9.01. The maximum Gasteiger partial charge on any atom is 0.236 e. The standard InChI is InChI=1S/C22H21ClN2O2/c1-13-10-14(2)20(15(3)11-13)24-21(26)22(8-9-22)19-12-18(27-25-19)16-4-6-17(23)7-5-16/h4-7,10-12H,8-9H2,1-3H3,(H,24,26). The number of anilines is 1. The van der Waals surface area contributed by atoms with Gasteiger partial charge in [-0.2, -0.15) is 0 Å². The first-order chi connectivity index (χ1) is 12.9. The number of carbonyl (C=O) groups excluding carboxylic acids is 1. The maximum atomic E-state index is 13.1. The Morgan fingerprint density at radius 2 is 1.70 bits per heavy atom. The van der Waals surface area contributed by atoms with Crippen molar-refractivity contribution in [3.05, 3.63) is 69.9 Å². The molecule has 1 heterocycles. The molecular formula is C22H21ClN2O2. The second-order valence-corrected chi connectivity index (χ2v) is 7.83. The quantitative estimate of drug-likeness (QED) is 0.641. The summed E-state index contributed by atoms with van der Waals surface area (Å²) in [5, 5.41) is 7.99. The number of hydrogen-bond donors (Lipinski definition) is 1. The van der Waals surface area contributed by atoms with Crippen LogP contribution in [0, 0.1) is 20.8 Å². The summed E-state index contributed by atoms with van der Waals surface area (Å²) in [5.74, 6) is 0.622. The molecule has 1 N–H and O–H groups in total. The van der Waals surface area contributed by atoms with E-state index in [2.05, 4.69) is 29.5 Å². The molecule has 0 saturated heterocycles. The second-order valence-electron chi connectivity index (χ2n) is 7.39. The Morgan fingerprint density at radius 3 is 2.30 bits per heavy atom. The molecule has 0 atom stereocenters. The van der Waals surface area contributed by atoms with Crippen LogP contribution in [0.4, 0.5) is 5.69 Å². The second kappa shape index (κ2) is 6.54. The fraction of sp³-hybridized carbons (Fsp3) is 0.273. The van der Waals surface area contributed by atoms with E-state index in [0.717, 1.165) is 35.2 Å². The van der Waals surface area contributed by atoms with E-state index < -0.39 is 5.41 Å². The third-order valence-corrected chi connectivity index (χ3v) is 5.48. The number of benzene rings is 2. The lowest BCUT2D eigenvalue weighted by molar-refractivity contribution is -0.118. The summed E-state index contributed by atoms with van der Waals surface area (Å²) in [7, 11) is 0. The highest BCUT2D eigenvalue weighted by molar-refractivity contribution is 6.30. The summed E-state index contributed by atoms with van der Waals surface area (Å²) in [4.78, 5) is 13.1. The zero-order valence-corrected chi connectivity index (χ0v) is 16.4. The molecule has 0 unspecified atom stereocenters. The molecule has 138 valence electrons. The van der Waals surface area contributed by atoms with Crippen LogP contribution in [0.1, 0.15) is 35.2 Å². The molecule has 4 nitrogen and oxygen atoms in total. The van der Waals surface area contributed by atoms with E-state index in [1.54, 1.807) is 0 Å². The number of carbonyl (C=O) groups is 1. The minimum atomic E-state index is -0.599. The number of aryl methyl sites for hydroxylation is 3. The van der Waals surface area contributed by atoms with Crippen molar-refractivity contribution >= 4 is 23.2 Å². The van der Waals surface area contributed by atoms with Gasteiger partial charge < -0.3 is 9.84 Å². The summed E-state index contributed by atoms with van der Waals surface area (Å²) in [6.45, 7) is 6.09. The summed E-state index contributed by atoms with van der Waals surface area (Å²) < 4.78 is 5.51. The third-order valence-electron chi connectivity index (χ3n) is 5.23. The number of nitrogens with zero attached hydrogens (tertiary/aromatic N) is 1. The predicted octanol–water partition coefficient (Wildman–Crippen LogP) is 5.59. The largest absolute Gasteiger partial charge is 0.356 e. The van der Waals surface area contributed by atoms with Crippen LogP contribution in [0.25, 0.3) is 11.3 Å². The van der Waals surface area contributed by atoms with Gasteiger partial charge >= 0.3 is 0 Å². The van der Waals surface area contributed by atoms with Gasteiger partial charge in [0.2, 0.25) is 5.91 Å². The number of halogens is 1. The van der Waals surface area contributed by atoms with Crippen LogP contribution in [0.2, 0.25) is 5.02 Å². The van der Waals surface area contributed by atoms with Gasteiger partial charge in [0.15, 0.2) is 5.76 Å². The van der Waals surface area contributed by atoms with Crippen molar-refractivity contribution in [3.63, 3.8) is 0 Å². The lowest BCUT2D eigenvalue weighted by Gasteiger charge is -2.16. The number of hydrogen-bond acceptors (Lipinski definition) is 3. The third kappa shape index (κ3) is 3.26. The highest BCUT2D eigenvalue weighted by Gasteiger charge is 2.54. The van der Waals surface area contributed by atoms with Crippen molar-refractivity contribution in [2.75, 3.05) is 5.32 Å². The van der Waals surface area contributed by atoms with Gasteiger partial charge in [0.1, 0.15) is 0 Å². The molecule has 0 bridgehead atoms. The average molecular weight is 381 g/mol. The SMILES string of the molecule is Cc1cc(C)c(NC(=O)C2(c3cc(-c4ccc(Cl)cc4)on3)CC2)c(C)c1. The zero-order valence-electron chi connectivity index (χ0n) is 15.6. The van der Waals surface area contributed by atoms with Gasteiger partial charge in [-0.25, -0.2) is 0 Å². The van der Waals surface area contributed by atoms with E-state index in [-0.39, 0.29) is 5.91 Å². The van der Waals surface area contributed by atoms with E-state index >= 15 is 0 Å². The van der Waals surface area contributed by atoms with E-state index in [9.17, 15) is 4.79 Å². The van der Waals surface area contributed by atoms with Crippen LogP contribution in [0.5, 0.6) is 0 Å². The van der Waals surface area contributed by atoms with Gasteiger partial charge in [-0.15, -0.1) is 0 Å². The van der Waals surface area contributed by atoms with Gasteiger partial charge in [0.05, 0.1) is 11.1 Å². The Kier molecular flexibility index (Phi) is 4.31.